The third kappa shape index (κ3) is 5.53. The van der Waals surface area contributed by atoms with Gasteiger partial charge in [-0.1, -0.05) is 54.6 Å². The molecule has 0 saturated carbocycles. The van der Waals surface area contributed by atoms with Crippen LogP contribution in [0, 0.1) is 0 Å². The van der Waals surface area contributed by atoms with Gasteiger partial charge in [-0.2, -0.15) is 0 Å². The van der Waals surface area contributed by atoms with Crippen LogP contribution >= 0.6 is 12.2 Å². The molecule has 0 spiro atoms. The summed E-state index contributed by atoms with van der Waals surface area (Å²) in [6, 6.07) is 19.2. The van der Waals surface area contributed by atoms with E-state index < -0.39 is 0 Å². The van der Waals surface area contributed by atoms with Gasteiger partial charge in [0.25, 0.3) is 0 Å². The van der Waals surface area contributed by atoms with Crippen molar-refractivity contribution in [2.24, 2.45) is 0 Å². The zero-order valence-corrected chi connectivity index (χ0v) is 16.1. The summed E-state index contributed by atoms with van der Waals surface area (Å²) in [5.74, 6) is 0. The Morgan fingerprint density at radius 1 is 1.04 bits per heavy atom. The van der Waals surface area contributed by atoms with Crippen molar-refractivity contribution in [2.75, 3.05) is 39.4 Å². The number of hydrogen-bond acceptors (Lipinski definition) is 3. The van der Waals surface area contributed by atoms with Crippen LogP contribution in [0.2, 0.25) is 0 Å². The molecule has 1 fully saturated rings. The van der Waals surface area contributed by atoms with E-state index in [1.54, 1.807) is 0 Å². The number of hydrogen-bond donors (Lipinski definition) is 2. The Hall–Kier alpha value is -1.95. The monoisotopic (exact) mass is 369 g/mol. The van der Waals surface area contributed by atoms with Crippen LogP contribution in [0.4, 0.5) is 0 Å². The lowest BCUT2D eigenvalue weighted by Gasteiger charge is -2.27. The van der Waals surface area contributed by atoms with E-state index >= 15 is 0 Å². The average Bonchev–Trinajstić information content (AvgIpc) is 2.69. The molecule has 1 saturated heterocycles. The highest BCUT2D eigenvalue weighted by atomic mass is 32.1. The molecule has 0 amide bonds. The number of morpholine rings is 1. The first kappa shape index (κ1) is 18.8. The van der Waals surface area contributed by atoms with E-state index in [0.717, 1.165) is 39.4 Å². The third-order valence-electron chi connectivity index (χ3n) is 4.68. The van der Waals surface area contributed by atoms with Crippen LogP contribution in [0.25, 0.3) is 11.1 Å². The molecule has 0 radical (unpaired) electrons. The summed E-state index contributed by atoms with van der Waals surface area (Å²) in [5.41, 5.74) is 3.69. The molecule has 1 unspecified atom stereocenters. The van der Waals surface area contributed by atoms with Gasteiger partial charge in [0.15, 0.2) is 5.11 Å². The quantitative estimate of drug-likeness (QED) is 0.765. The fourth-order valence-electron chi connectivity index (χ4n) is 3.08. The molecule has 1 heterocycles. The van der Waals surface area contributed by atoms with Crippen molar-refractivity contribution in [3.63, 3.8) is 0 Å². The zero-order valence-electron chi connectivity index (χ0n) is 15.3. The van der Waals surface area contributed by atoms with Gasteiger partial charge in [-0.3, -0.25) is 4.90 Å². The fourth-order valence-corrected chi connectivity index (χ4v) is 3.36. The van der Waals surface area contributed by atoms with Crippen molar-refractivity contribution in [2.45, 2.75) is 13.0 Å². The highest BCUT2D eigenvalue weighted by Gasteiger charge is 2.11. The minimum Gasteiger partial charge on any atom is -0.379 e. The Bertz CT molecular complexity index is 684. The summed E-state index contributed by atoms with van der Waals surface area (Å²) in [6.45, 7) is 7.65. The number of nitrogens with one attached hydrogen (secondary N) is 2. The molecule has 1 atom stereocenters. The van der Waals surface area contributed by atoms with Crippen LogP contribution in [0.15, 0.2) is 54.6 Å². The molecule has 1 aliphatic rings. The van der Waals surface area contributed by atoms with Crippen LogP contribution in [0.5, 0.6) is 0 Å². The maximum atomic E-state index is 5.43. The van der Waals surface area contributed by atoms with Gasteiger partial charge >= 0.3 is 0 Å². The van der Waals surface area contributed by atoms with Gasteiger partial charge in [0.1, 0.15) is 0 Å². The topological polar surface area (TPSA) is 36.5 Å². The van der Waals surface area contributed by atoms with E-state index in [2.05, 4.69) is 71.0 Å². The highest BCUT2D eigenvalue weighted by Crippen LogP contribution is 2.21. The molecule has 0 aromatic heterocycles. The van der Waals surface area contributed by atoms with Crippen molar-refractivity contribution in [3.05, 3.63) is 60.2 Å². The lowest BCUT2D eigenvalue weighted by Crippen LogP contribution is -2.44. The molecule has 1 aliphatic heterocycles. The summed E-state index contributed by atoms with van der Waals surface area (Å²) in [4.78, 5) is 2.39. The summed E-state index contributed by atoms with van der Waals surface area (Å²) in [5, 5.41) is 7.38. The lowest BCUT2D eigenvalue weighted by atomic mass is 10.0. The Morgan fingerprint density at radius 2 is 1.69 bits per heavy atom. The van der Waals surface area contributed by atoms with Crippen molar-refractivity contribution >= 4 is 17.3 Å². The number of thiocarbonyl (C=S) groups is 1. The molecule has 0 aliphatic carbocycles. The number of nitrogens with zero attached hydrogens (tertiary/aromatic N) is 1. The fraction of sp³-hybridized carbons (Fsp3) is 0.381. The third-order valence-corrected chi connectivity index (χ3v) is 4.94. The second-order valence-electron chi connectivity index (χ2n) is 6.56. The van der Waals surface area contributed by atoms with Gasteiger partial charge in [0, 0.05) is 26.2 Å². The molecule has 138 valence electrons. The zero-order chi connectivity index (χ0) is 18.2. The van der Waals surface area contributed by atoms with Crippen LogP contribution in [0.3, 0.4) is 0 Å². The number of ether oxygens (including phenoxy) is 1. The second kappa shape index (κ2) is 9.67. The predicted molar refractivity (Wildman–Crippen MR) is 111 cm³/mol. The first-order chi connectivity index (χ1) is 12.7. The largest absolute Gasteiger partial charge is 0.379 e. The highest BCUT2D eigenvalue weighted by molar-refractivity contribution is 7.80. The van der Waals surface area contributed by atoms with E-state index in [4.69, 9.17) is 17.0 Å². The van der Waals surface area contributed by atoms with Crippen molar-refractivity contribution in [3.8, 4) is 11.1 Å². The molecule has 5 heteroatoms. The first-order valence-corrected chi connectivity index (χ1v) is 9.63. The Balaban J connectivity index is 1.45. The van der Waals surface area contributed by atoms with E-state index in [0.29, 0.717) is 5.11 Å². The molecule has 2 aromatic carbocycles. The average molecular weight is 370 g/mol. The van der Waals surface area contributed by atoms with Crippen molar-refractivity contribution in [1.29, 1.82) is 0 Å². The molecule has 3 rings (SSSR count). The van der Waals surface area contributed by atoms with E-state index in [1.165, 1.54) is 16.7 Å². The Kier molecular flexibility index (Phi) is 7.00. The molecule has 0 bridgehead atoms. The van der Waals surface area contributed by atoms with Gasteiger partial charge in [-0.15, -0.1) is 0 Å². The normalized spacial score (nSPS) is 16.0. The molecule has 2 aromatic rings. The van der Waals surface area contributed by atoms with E-state index in [9.17, 15) is 0 Å². The summed E-state index contributed by atoms with van der Waals surface area (Å²) in [6.07, 6.45) is 0. The minimum atomic E-state index is 0.170. The van der Waals surface area contributed by atoms with Gasteiger partial charge in [0.05, 0.1) is 19.3 Å². The molecule has 26 heavy (non-hydrogen) atoms. The van der Waals surface area contributed by atoms with Gasteiger partial charge < -0.3 is 15.4 Å². The number of benzene rings is 2. The summed E-state index contributed by atoms with van der Waals surface area (Å²) >= 11 is 5.43. The Morgan fingerprint density at radius 3 is 2.38 bits per heavy atom. The lowest BCUT2D eigenvalue weighted by molar-refractivity contribution is 0.0389. The summed E-state index contributed by atoms with van der Waals surface area (Å²) < 4.78 is 5.37. The van der Waals surface area contributed by atoms with E-state index in [1.807, 2.05) is 6.07 Å². The standard InChI is InChI=1S/C21H27N3OS/c1-17(23-21(26)22-11-12-24-13-15-25-16-14-24)18-7-9-20(10-8-18)19-5-3-2-4-6-19/h2-10,17H,11-16H2,1H3,(H2,22,23,26). The molecule has 2 N–H and O–H groups in total. The second-order valence-corrected chi connectivity index (χ2v) is 6.97. The number of rotatable bonds is 6. The predicted octanol–water partition coefficient (Wildman–Crippen LogP) is 3.21. The van der Waals surface area contributed by atoms with Gasteiger partial charge in [0.2, 0.25) is 0 Å². The Labute approximate surface area is 161 Å². The first-order valence-electron chi connectivity index (χ1n) is 9.22. The van der Waals surface area contributed by atoms with Crippen molar-refractivity contribution in [1.82, 2.24) is 15.5 Å². The SMILES string of the molecule is CC(NC(=S)NCCN1CCOCC1)c1ccc(-c2ccccc2)cc1. The molecular formula is C21H27N3OS. The maximum Gasteiger partial charge on any atom is 0.166 e. The van der Waals surface area contributed by atoms with Gasteiger partial charge in [-0.25, -0.2) is 0 Å². The van der Waals surface area contributed by atoms with Gasteiger partial charge in [-0.05, 0) is 35.8 Å². The van der Waals surface area contributed by atoms with Crippen LogP contribution < -0.4 is 10.6 Å². The minimum absolute atomic E-state index is 0.170. The molecular weight excluding hydrogens is 342 g/mol. The van der Waals surface area contributed by atoms with E-state index in [-0.39, 0.29) is 6.04 Å². The van der Waals surface area contributed by atoms with Crippen LogP contribution in [-0.4, -0.2) is 49.4 Å². The summed E-state index contributed by atoms with van der Waals surface area (Å²) in [7, 11) is 0. The van der Waals surface area contributed by atoms with Crippen LogP contribution in [-0.2, 0) is 4.74 Å². The smallest absolute Gasteiger partial charge is 0.166 e. The van der Waals surface area contributed by atoms with Crippen LogP contribution in [0.1, 0.15) is 18.5 Å². The molecule has 4 nitrogen and oxygen atoms in total. The maximum absolute atomic E-state index is 5.43. The van der Waals surface area contributed by atoms with Crippen molar-refractivity contribution < 1.29 is 4.74 Å².